The monoisotopic (exact) mass is 364 g/mol. The average Bonchev–Trinajstić information content (AvgIpc) is 2.52. The van der Waals surface area contributed by atoms with Crippen LogP contribution in [0.25, 0.3) is 0 Å². The summed E-state index contributed by atoms with van der Waals surface area (Å²) in [4.78, 5) is 20.3. The van der Waals surface area contributed by atoms with Gasteiger partial charge in [-0.1, -0.05) is 22.0 Å². The predicted molar refractivity (Wildman–Crippen MR) is 89.2 cm³/mol. The molecule has 2 aromatic rings. The molecule has 1 heterocycles. The molecule has 0 aliphatic rings. The highest BCUT2D eigenvalue weighted by Gasteiger charge is 2.08. The molecule has 0 fully saturated rings. The van der Waals surface area contributed by atoms with Crippen molar-refractivity contribution in [3.8, 4) is 0 Å². The van der Waals surface area contributed by atoms with Crippen molar-refractivity contribution in [2.75, 3.05) is 30.9 Å². The van der Waals surface area contributed by atoms with Crippen molar-refractivity contribution in [3.63, 3.8) is 0 Å². The quantitative estimate of drug-likeness (QED) is 0.770. The number of aryl methyl sites for hydroxylation is 1. The van der Waals surface area contributed by atoms with E-state index >= 15 is 0 Å². The first kappa shape index (κ1) is 16.4. The van der Waals surface area contributed by atoms with Gasteiger partial charge in [0.05, 0.1) is 12.2 Å². The minimum Gasteiger partial charge on any atom is -0.383 e. The highest BCUT2D eigenvalue weighted by molar-refractivity contribution is 9.10. The zero-order chi connectivity index (χ0) is 15.9. The summed E-state index contributed by atoms with van der Waals surface area (Å²) in [6, 6.07) is 5.63. The number of carbonyl (C=O) groups excluding carboxylic acids is 1. The van der Waals surface area contributed by atoms with Crippen molar-refractivity contribution in [2.45, 2.75) is 6.92 Å². The van der Waals surface area contributed by atoms with E-state index in [1.165, 1.54) is 12.4 Å². The third-order valence-electron chi connectivity index (χ3n) is 2.93. The molecule has 1 amide bonds. The number of carbonyl (C=O) groups is 1. The molecule has 2 rings (SSSR count). The SMILES string of the molecule is COCCNc1ncc(C(=O)Nc2ccc(C)c(Br)c2)cn1. The van der Waals surface area contributed by atoms with Gasteiger partial charge in [0.15, 0.2) is 0 Å². The van der Waals surface area contributed by atoms with Crippen LogP contribution in [0.15, 0.2) is 35.1 Å². The minimum absolute atomic E-state index is 0.251. The van der Waals surface area contributed by atoms with E-state index in [9.17, 15) is 4.79 Å². The van der Waals surface area contributed by atoms with Crippen LogP contribution < -0.4 is 10.6 Å². The van der Waals surface area contributed by atoms with Crippen LogP contribution in [0.2, 0.25) is 0 Å². The second-order valence-electron chi connectivity index (χ2n) is 4.63. The van der Waals surface area contributed by atoms with Crippen molar-refractivity contribution in [3.05, 3.63) is 46.2 Å². The van der Waals surface area contributed by atoms with Crippen LogP contribution in [0, 0.1) is 6.92 Å². The van der Waals surface area contributed by atoms with Gasteiger partial charge < -0.3 is 15.4 Å². The number of nitrogens with zero attached hydrogens (tertiary/aromatic N) is 2. The van der Waals surface area contributed by atoms with Gasteiger partial charge >= 0.3 is 0 Å². The number of amides is 1. The van der Waals surface area contributed by atoms with Gasteiger partial charge in [-0.3, -0.25) is 4.79 Å². The molecule has 116 valence electrons. The van der Waals surface area contributed by atoms with E-state index in [-0.39, 0.29) is 5.91 Å². The van der Waals surface area contributed by atoms with Crippen LogP contribution in [0.4, 0.5) is 11.6 Å². The van der Waals surface area contributed by atoms with Crippen LogP contribution in [-0.4, -0.2) is 36.1 Å². The Hall–Kier alpha value is -1.99. The first-order valence-corrected chi connectivity index (χ1v) is 7.52. The average molecular weight is 365 g/mol. The lowest BCUT2D eigenvalue weighted by molar-refractivity contribution is 0.102. The number of aromatic nitrogens is 2. The van der Waals surface area contributed by atoms with Crippen molar-refractivity contribution in [1.29, 1.82) is 0 Å². The van der Waals surface area contributed by atoms with Crippen molar-refractivity contribution >= 4 is 33.5 Å². The van der Waals surface area contributed by atoms with Crippen LogP contribution in [0.5, 0.6) is 0 Å². The van der Waals surface area contributed by atoms with E-state index in [1.807, 2.05) is 25.1 Å². The summed E-state index contributed by atoms with van der Waals surface area (Å²) in [6.07, 6.45) is 2.97. The number of ether oxygens (including phenoxy) is 1. The number of anilines is 2. The normalized spacial score (nSPS) is 10.3. The Balaban J connectivity index is 1.98. The van der Waals surface area contributed by atoms with Crippen molar-refractivity contribution in [2.24, 2.45) is 0 Å². The van der Waals surface area contributed by atoms with Gasteiger partial charge in [0, 0.05) is 36.2 Å². The number of nitrogens with one attached hydrogen (secondary N) is 2. The first-order valence-electron chi connectivity index (χ1n) is 6.72. The molecule has 1 aromatic heterocycles. The molecule has 0 aliphatic heterocycles. The van der Waals surface area contributed by atoms with Gasteiger partial charge in [-0.15, -0.1) is 0 Å². The lowest BCUT2D eigenvalue weighted by atomic mass is 10.2. The van der Waals surface area contributed by atoms with E-state index < -0.39 is 0 Å². The molecule has 7 heteroatoms. The number of hydrogen-bond donors (Lipinski definition) is 2. The predicted octanol–water partition coefficient (Wildman–Crippen LogP) is 2.86. The minimum atomic E-state index is -0.251. The molecule has 0 unspecified atom stereocenters. The van der Waals surface area contributed by atoms with Gasteiger partial charge in [0.2, 0.25) is 5.95 Å². The van der Waals surface area contributed by atoms with Crippen molar-refractivity contribution in [1.82, 2.24) is 9.97 Å². The van der Waals surface area contributed by atoms with E-state index in [0.717, 1.165) is 10.0 Å². The Morgan fingerprint density at radius 3 is 2.68 bits per heavy atom. The van der Waals surface area contributed by atoms with E-state index in [4.69, 9.17) is 4.74 Å². The number of benzene rings is 1. The molecule has 0 bridgehead atoms. The van der Waals surface area contributed by atoms with Crippen LogP contribution >= 0.6 is 15.9 Å². The maximum Gasteiger partial charge on any atom is 0.258 e. The summed E-state index contributed by atoms with van der Waals surface area (Å²) < 4.78 is 5.87. The number of methoxy groups -OCH3 is 1. The van der Waals surface area contributed by atoms with Gasteiger partial charge in [-0.05, 0) is 24.6 Å². The molecule has 0 spiro atoms. The van der Waals surface area contributed by atoms with Crippen LogP contribution in [0.1, 0.15) is 15.9 Å². The van der Waals surface area contributed by atoms with E-state index in [0.29, 0.717) is 30.4 Å². The maximum atomic E-state index is 12.1. The Morgan fingerprint density at radius 2 is 2.05 bits per heavy atom. The fourth-order valence-electron chi connectivity index (χ4n) is 1.68. The molecule has 1 aromatic carbocycles. The second-order valence-corrected chi connectivity index (χ2v) is 5.49. The Bertz CT molecular complexity index is 646. The van der Waals surface area contributed by atoms with Crippen molar-refractivity contribution < 1.29 is 9.53 Å². The number of halogens is 1. The molecule has 0 saturated heterocycles. The molecule has 2 N–H and O–H groups in total. The lowest BCUT2D eigenvalue weighted by Crippen LogP contribution is -2.14. The maximum absolute atomic E-state index is 12.1. The molecular weight excluding hydrogens is 348 g/mol. The zero-order valence-corrected chi connectivity index (χ0v) is 14.0. The first-order chi connectivity index (χ1) is 10.6. The Kier molecular flexibility index (Phi) is 5.85. The molecule has 0 aliphatic carbocycles. The molecule has 22 heavy (non-hydrogen) atoms. The highest BCUT2D eigenvalue weighted by Crippen LogP contribution is 2.21. The topological polar surface area (TPSA) is 76.1 Å². The highest BCUT2D eigenvalue weighted by atomic mass is 79.9. The van der Waals surface area contributed by atoms with Crippen LogP contribution in [0.3, 0.4) is 0 Å². The molecule has 6 nitrogen and oxygen atoms in total. The molecule has 0 radical (unpaired) electrons. The fraction of sp³-hybridized carbons (Fsp3) is 0.267. The summed E-state index contributed by atoms with van der Waals surface area (Å²) in [5, 5.41) is 5.80. The fourth-order valence-corrected chi connectivity index (χ4v) is 2.05. The summed E-state index contributed by atoms with van der Waals surface area (Å²) in [5.41, 5.74) is 2.21. The third kappa shape index (κ3) is 4.51. The standard InChI is InChI=1S/C15H17BrN4O2/c1-10-3-4-12(7-13(10)16)20-14(21)11-8-18-15(19-9-11)17-5-6-22-2/h3-4,7-9H,5-6H2,1-2H3,(H,20,21)(H,17,18,19). The summed E-state index contributed by atoms with van der Waals surface area (Å²) in [6.45, 7) is 3.16. The Morgan fingerprint density at radius 1 is 1.32 bits per heavy atom. The third-order valence-corrected chi connectivity index (χ3v) is 3.79. The summed E-state index contributed by atoms with van der Waals surface area (Å²) in [5.74, 6) is 0.214. The second kappa shape index (κ2) is 7.86. The number of hydrogen-bond acceptors (Lipinski definition) is 5. The van der Waals surface area contributed by atoms with E-state index in [1.54, 1.807) is 7.11 Å². The smallest absolute Gasteiger partial charge is 0.258 e. The lowest BCUT2D eigenvalue weighted by Gasteiger charge is -2.07. The van der Waals surface area contributed by atoms with E-state index in [2.05, 4.69) is 36.5 Å². The van der Waals surface area contributed by atoms with Gasteiger partial charge in [0.1, 0.15) is 0 Å². The molecule has 0 atom stereocenters. The van der Waals surface area contributed by atoms with Crippen LogP contribution in [-0.2, 0) is 4.74 Å². The summed E-state index contributed by atoms with van der Waals surface area (Å²) >= 11 is 3.44. The summed E-state index contributed by atoms with van der Waals surface area (Å²) in [7, 11) is 1.62. The molecule has 0 saturated carbocycles. The van der Waals surface area contributed by atoms with Gasteiger partial charge in [-0.25, -0.2) is 9.97 Å². The zero-order valence-electron chi connectivity index (χ0n) is 12.4. The molecular formula is C15H17BrN4O2. The number of rotatable bonds is 6. The van der Waals surface area contributed by atoms with Gasteiger partial charge in [-0.2, -0.15) is 0 Å². The largest absolute Gasteiger partial charge is 0.383 e. The Labute approximate surface area is 137 Å². The van der Waals surface area contributed by atoms with Gasteiger partial charge in [0.25, 0.3) is 5.91 Å².